The van der Waals surface area contributed by atoms with Crippen LogP contribution in [0, 0.1) is 5.82 Å². The van der Waals surface area contributed by atoms with E-state index in [1.54, 1.807) is 42.7 Å². The quantitative estimate of drug-likeness (QED) is 0.647. The lowest BCUT2D eigenvalue weighted by Gasteiger charge is -2.29. The number of pyridine rings is 1. The van der Waals surface area contributed by atoms with Gasteiger partial charge >= 0.3 is 0 Å². The molecule has 0 spiro atoms. The van der Waals surface area contributed by atoms with Crippen molar-refractivity contribution in [3.05, 3.63) is 66.2 Å². The molecule has 7 nitrogen and oxygen atoms in total. The minimum atomic E-state index is -0.549. The third kappa shape index (κ3) is 4.71. The third-order valence-corrected chi connectivity index (χ3v) is 5.12. The maximum Gasteiger partial charge on any atom is 0.254 e. The van der Waals surface area contributed by atoms with Crippen molar-refractivity contribution in [3.63, 3.8) is 0 Å². The van der Waals surface area contributed by atoms with E-state index in [1.165, 1.54) is 12.1 Å². The number of carbonyl (C=O) groups excluding carboxylic acids is 1. The Bertz CT molecular complexity index is 1020. The highest BCUT2D eigenvalue weighted by Gasteiger charge is 2.24. The number of nitrogens with zero attached hydrogens (tertiary/aromatic N) is 3. The highest BCUT2D eigenvalue weighted by atomic mass is 19.1. The number of hydrogen-bond donors (Lipinski definition) is 2. The van der Waals surface area contributed by atoms with Gasteiger partial charge in [-0.2, -0.15) is 0 Å². The highest BCUT2D eigenvalue weighted by molar-refractivity contribution is 5.94. The Balaban J connectivity index is 1.35. The zero-order valence-electron chi connectivity index (χ0n) is 16.3. The summed E-state index contributed by atoms with van der Waals surface area (Å²) in [5, 5.41) is 3.37. The van der Waals surface area contributed by atoms with E-state index in [0.29, 0.717) is 11.5 Å². The molecule has 0 saturated heterocycles. The first-order valence-corrected chi connectivity index (χ1v) is 9.85. The Morgan fingerprint density at radius 3 is 2.53 bits per heavy atom. The molecule has 0 bridgehead atoms. The molecule has 1 aromatic carbocycles. The van der Waals surface area contributed by atoms with Crippen LogP contribution in [0.3, 0.4) is 0 Å². The zero-order valence-corrected chi connectivity index (χ0v) is 16.3. The van der Waals surface area contributed by atoms with Crippen LogP contribution in [0.4, 0.5) is 10.3 Å². The van der Waals surface area contributed by atoms with Crippen LogP contribution in [0.5, 0.6) is 5.88 Å². The van der Waals surface area contributed by atoms with Crippen molar-refractivity contribution in [2.75, 3.05) is 5.32 Å². The number of aromatic nitrogens is 3. The number of ether oxygens (including phenoxy) is 1. The summed E-state index contributed by atoms with van der Waals surface area (Å²) in [6.07, 6.45) is 6.60. The molecule has 30 heavy (non-hydrogen) atoms. The second kappa shape index (κ2) is 8.86. The molecule has 154 valence electrons. The Morgan fingerprint density at radius 1 is 1.03 bits per heavy atom. The number of nitrogens with one attached hydrogen (secondary N) is 1. The van der Waals surface area contributed by atoms with Gasteiger partial charge in [-0.15, -0.1) is 0 Å². The third-order valence-electron chi connectivity index (χ3n) is 5.12. The number of benzene rings is 1. The summed E-state index contributed by atoms with van der Waals surface area (Å²) in [4.78, 5) is 24.5. The first-order chi connectivity index (χ1) is 14.6. The minimum absolute atomic E-state index is 0.0254. The molecule has 2 heterocycles. The number of halogens is 1. The molecule has 1 saturated carbocycles. The van der Waals surface area contributed by atoms with Crippen molar-refractivity contribution in [1.29, 1.82) is 0 Å². The standard InChI is InChI=1S/C22H22FN5O2/c23-15-5-3-14(4-6-15)19-11-13-26-22(28-19)27-16-7-9-17(10-8-16)30-21-18(20(24)29)2-1-12-25-21/h1-6,11-13,16-17H,7-10H2,(H2,24,29)(H,26,27,28). The number of nitrogens with two attached hydrogens (primary N) is 1. The van der Waals surface area contributed by atoms with E-state index in [4.69, 9.17) is 10.5 Å². The summed E-state index contributed by atoms with van der Waals surface area (Å²) in [6, 6.07) is 11.5. The molecule has 1 aliphatic rings. The number of carbonyl (C=O) groups is 1. The van der Waals surface area contributed by atoms with Crippen LogP contribution in [0.1, 0.15) is 36.0 Å². The molecule has 1 fully saturated rings. The number of anilines is 1. The van der Waals surface area contributed by atoms with Gasteiger partial charge in [0.2, 0.25) is 11.8 Å². The van der Waals surface area contributed by atoms with Crippen LogP contribution in [0.25, 0.3) is 11.3 Å². The Hall–Kier alpha value is -3.55. The van der Waals surface area contributed by atoms with E-state index >= 15 is 0 Å². The molecule has 8 heteroatoms. The van der Waals surface area contributed by atoms with Gasteiger partial charge in [0.15, 0.2) is 0 Å². The minimum Gasteiger partial charge on any atom is -0.474 e. The predicted molar refractivity (Wildman–Crippen MR) is 110 cm³/mol. The number of amides is 1. The van der Waals surface area contributed by atoms with Crippen molar-refractivity contribution in [2.24, 2.45) is 5.73 Å². The second-order valence-electron chi connectivity index (χ2n) is 7.23. The van der Waals surface area contributed by atoms with Gasteiger partial charge in [-0.3, -0.25) is 4.79 Å². The second-order valence-corrected chi connectivity index (χ2v) is 7.23. The molecular formula is C22H22FN5O2. The lowest BCUT2D eigenvalue weighted by atomic mass is 9.93. The molecular weight excluding hydrogens is 385 g/mol. The molecule has 3 N–H and O–H groups in total. The summed E-state index contributed by atoms with van der Waals surface area (Å²) >= 11 is 0. The predicted octanol–water partition coefficient (Wildman–Crippen LogP) is 3.58. The molecule has 0 atom stereocenters. The van der Waals surface area contributed by atoms with E-state index in [-0.39, 0.29) is 23.8 Å². The van der Waals surface area contributed by atoms with E-state index in [9.17, 15) is 9.18 Å². The largest absolute Gasteiger partial charge is 0.474 e. The molecule has 3 aromatic rings. The lowest BCUT2D eigenvalue weighted by molar-refractivity contribution is 0.0983. The molecule has 2 aromatic heterocycles. The van der Waals surface area contributed by atoms with Crippen molar-refractivity contribution in [1.82, 2.24) is 15.0 Å². The van der Waals surface area contributed by atoms with E-state index in [1.807, 2.05) is 0 Å². The number of rotatable bonds is 6. The number of primary amides is 1. The first kappa shape index (κ1) is 19.8. The fraction of sp³-hybridized carbons (Fsp3) is 0.273. The lowest BCUT2D eigenvalue weighted by Crippen LogP contribution is -2.32. The maximum absolute atomic E-state index is 13.1. The molecule has 4 rings (SSSR count). The molecule has 0 unspecified atom stereocenters. The summed E-state index contributed by atoms with van der Waals surface area (Å²) in [5.74, 6) is 0.00380. The smallest absolute Gasteiger partial charge is 0.254 e. The van der Waals surface area contributed by atoms with Crippen LogP contribution in [-0.4, -0.2) is 33.0 Å². The van der Waals surface area contributed by atoms with Gasteiger partial charge in [0, 0.05) is 24.0 Å². The Morgan fingerprint density at radius 2 is 1.80 bits per heavy atom. The normalized spacial score (nSPS) is 18.6. The van der Waals surface area contributed by atoms with Crippen molar-refractivity contribution >= 4 is 11.9 Å². The van der Waals surface area contributed by atoms with E-state index in [0.717, 1.165) is 36.9 Å². The van der Waals surface area contributed by atoms with Gasteiger partial charge in [-0.1, -0.05) is 0 Å². The molecule has 0 radical (unpaired) electrons. The molecule has 1 amide bonds. The topological polar surface area (TPSA) is 103 Å². The fourth-order valence-electron chi connectivity index (χ4n) is 3.55. The SMILES string of the molecule is NC(=O)c1cccnc1OC1CCC(Nc2nccc(-c3ccc(F)cc3)n2)CC1. The van der Waals surface area contributed by atoms with Crippen LogP contribution >= 0.6 is 0 Å². The van der Waals surface area contributed by atoms with Crippen LogP contribution in [-0.2, 0) is 0 Å². The van der Waals surface area contributed by atoms with Crippen molar-refractivity contribution in [2.45, 2.75) is 37.8 Å². The monoisotopic (exact) mass is 407 g/mol. The van der Waals surface area contributed by atoms with Crippen molar-refractivity contribution < 1.29 is 13.9 Å². The molecule has 1 aliphatic carbocycles. The maximum atomic E-state index is 13.1. The fourth-order valence-corrected chi connectivity index (χ4v) is 3.55. The van der Waals surface area contributed by atoms with Gasteiger partial charge in [0.1, 0.15) is 17.5 Å². The van der Waals surface area contributed by atoms with Crippen LogP contribution in [0.2, 0.25) is 0 Å². The average molecular weight is 407 g/mol. The Labute approximate surface area is 173 Å². The summed E-state index contributed by atoms with van der Waals surface area (Å²) in [5.41, 5.74) is 7.25. The zero-order chi connectivity index (χ0) is 20.9. The molecule has 0 aliphatic heterocycles. The Kier molecular flexibility index (Phi) is 5.83. The van der Waals surface area contributed by atoms with Gasteiger partial charge in [-0.25, -0.2) is 19.3 Å². The average Bonchev–Trinajstić information content (AvgIpc) is 2.76. The highest BCUT2D eigenvalue weighted by Crippen LogP contribution is 2.26. The summed E-state index contributed by atoms with van der Waals surface area (Å²) < 4.78 is 19.1. The van der Waals surface area contributed by atoms with Gasteiger partial charge < -0.3 is 15.8 Å². The van der Waals surface area contributed by atoms with E-state index < -0.39 is 5.91 Å². The van der Waals surface area contributed by atoms with Gasteiger partial charge in [-0.05, 0) is 68.1 Å². The van der Waals surface area contributed by atoms with Crippen molar-refractivity contribution in [3.8, 4) is 17.1 Å². The summed E-state index contributed by atoms with van der Waals surface area (Å²) in [7, 11) is 0. The summed E-state index contributed by atoms with van der Waals surface area (Å²) in [6.45, 7) is 0. The van der Waals surface area contributed by atoms with Crippen LogP contribution < -0.4 is 15.8 Å². The van der Waals surface area contributed by atoms with Gasteiger partial charge in [0.25, 0.3) is 5.91 Å². The van der Waals surface area contributed by atoms with Crippen LogP contribution in [0.15, 0.2) is 54.9 Å². The first-order valence-electron chi connectivity index (χ1n) is 9.85. The number of hydrogen-bond acceptors (Lipinski definition) is 6. The van der Waals surface area contributed by atoms with E-state index in [2.05, 4.69) is 20.3 Å². The van der Waals surface area contributed by atoms with Gasteiger partial charge in [0.05, 0.1) is 5.69 Å².